The number of hydrogen-bond donors (Lipinski definition) is 1. The molecule has 0 saturated carbocycles. The van der Waals surface area contributed by atoms with Gasteiger partial charge >= 0.3 is 45.9 Å². The van der Waals surface area contributed by atoms with Gasteiger partial charge in [-0.2, -0.15) is 95.4 Å². The number of nitrogens with one attached hydrogen (secondary N) is 1. The summed E-state index contributed by atoms with van der Waals surface area (Å²) in [4.78, 5) is 1.37. The number of hydrogen-bond acceptors (Lipinski definition) is 3. The fraction of sp³-hybridized carbons (Fsp3) is 0.385. The van der Waals surface area contributed by atoms with E-state index >= 15 is 0 Å². The molecule has 24 heteroatoms. The Morgan fingerprint density at radius 3 is 0.825 bits per heavy atom. The molecule has 4 aromatic carbocycles. The predicted molar refractivity (Wildman–Crippen MR) is 198 cm³/mol. The normalized spacial score (nSPS) is 13.6. The fourth-order valence-corrected chi connectivity index (χ4v) is 10.2. The summed E-state index contributed by atoms with van der Waals surface area (Å²) < 4.78 is 274. The number of benzene rings is 4. The summed E-state index contributed by atoms with van der Waals surface area (Å²) in [5.41, 5.74) is -17.0. The van der Waals surface area contributed by atoms with E-state index in [4.69, 9.17) is 13.3 Å². The summed E-state index contributed by atoms with van der Waals surface area (Å²) in [6.45, 7) is 1.92. The van der Waals surface area contributed by atoms with Gasteiger partial charge in [-0.05, 0) is 51.1 Å². The minimum atomic E-state index is -5.79. The third-order valence-corrected chi connectivity index (χ3v) is 12.8. The predicted octanol–water partition coefficient (Wildman–Crippen LogP) is 10.3. The molecule has 0 aliphatic carbocycles. The molecular weight excluding hydrogens is 911 g/mol. The smallest absolute Gasteiger partial charge is 0.376 e. The third kappa shape index (κ3) is 13.4. The van der Waals surface area contributed by atoms with Crippen molar-refractivity contribution in [2.24, 2.45) is 0 Å². The highest BCUT2D eigenvalue weighted by Gasteiger charge is 2.51. The fourth-order valence-electron chi connectivity index (χ4n) is 6.83. The van der Waals surface area contributed by atoms with E-state index in [1.54, 1.807) is 0 Å². The van der Waals surface area contributed by atoms with Crippen LogP contribution in [0.2, 0.25) is 5.94 Å². The van der Waals surface area contributed by atoms with Gasteiger partial charge < -0.3 is 18.2 Å². The molecule has 0 spiro atoms. The zero-order valence-corrected chi connectivity index (χ0v) is 34.5. The summed E-state index contributed by atoms with van der Waals surface area (Å²) in [6.07, 6.45) is -39.5. The Kier molecular flexibility index (Phi) is 16.4. The van der Waals surface area contributed by atoms with Gasteiger partial charge in [-0.15, -0.1) is 0 Å². The Hall–Kier alpha value is -4.26. The van der Waals surface area contributed by atoms with Gasteiger partial charge in [-0.1, -0.05) is 60.5 Å². The van der Waals surface area contributed by atoms with Gasteiger partial charge in [-0.3, -0.25) is 0 Å². The summed E-state index contributed by atoms with van der Waals surface area (Å²) in [7, 11) is -0.778. The SMILES string of the molecule is CCO[Si](C[B-](c1cc(C(F)(F)F)cc(C(F)(F)F)c1)(c1cc(C(F)(F)F)cc(C(F)(F)F)c1)c1cc(C(F)(F)F)cc(C(F)(F)F)c1)(OCC)OCC.C[NH+](C)c1ccccc1. The molecule has 4 aromatic rings. The van der Waals surface area contributed by atoms with Crippen LogP contribution in [0.4, 0.5) is 84.7 Å². The summed E-state index contributed by atoms with van der Waals surface area (Å²) in [5.74, 6) is -1.57. The van der Waals surface area contributed by atoms with Crippen LogP contribution in [0.5, 0.6) is 0 Å². The molecule has 0 radical (unpaired) electrons. The second kappa shape index (κ2) is 19.5. The molecule has 4 rings (SSSR count). The van der Waals surface area contributed by atoms with E-state index < -0.39 is 146 Å². The minimum absolute atomic E-state index is 0.209. The lowest BCUT2D eigenvalue weighted by atomic mass is 9.16. The Bertz CT molecular complexity index is 1840. The summed E-state index contributed by atoms with van der Waals surface area (Å²) in [5, 5.41) is 0. The lowest BCUT2D eigenvalue weighted by molar-refractivity contribution is -0.786. The van der Waals surface area contributed by atoms with E-state index in [1.165, 1.54) is 31.4 Å². The average Bonchev–Trinajstić information content (AvgIpc) is 3.15. The minimum Gasteiger partial charge on any atom is -0.376 e. The topological polar surface area (TPSA) is 32.1 Å². The Labute approximate surface area is 350 Å². The number of para-hydroxylation sites is 1. The lowest BCUT2D eigenvalue weighted by Crippen LogP contribution is -3.00. The standard InChI is InChI=1S/C31H26BF18O3Si.C8H11N/c1-4-51-54(52-5-2,53-6-3)16-32(23-10-17(26(33,34)35)7-18(11-23)27(36,37)38,24-12-19(28(39,40)41)8-20(13-24)29(42,43)44)25-14-21(30(45,46)47)9-22(15-25)31(48,49)50;1-9(2)8-6-4-3-5-7-8/h7-15H,4-6,16H2,1-3H3;3-7H,1-2H3/q-1;/p+1. The van der Waals surface area contributed by atoms with Crippen LogP contribution < -0.4 is 21.3 Å². The number of halogens is 18. The van der Waals surface area contributed by atoms with Crippen molar-refractivity contribution < 1.29 is 97.2 Å². The maximum Gasteiger partial charge on any atom is 0.465 e. The van der Waals surface area contributed by atoms with Gasteiger partial charge in [0.15, 0.2) is 0 Å². The zero-order chi connectivity index (χ0) is 48.2. The highest BCUT2D eigenvalue weighted by atomic mass is 28.4. The molecule has 0 amide bonds. The van der Waals surface area contributed by atoms with Gasteiger partial charge in [0.25, 0.3) is 0 Å². The molecule has 0 saturated heterocycles. The van der Waals surface area contributed by atoms with Gasteiger partial charge in [0.2, 0.25) is 0 Å². The molecule has 4 nitrogen and oxygen atoms in total. The first-order valence-corrected chi connectivity index (χ1v) is 20.4. The van der Waals surface area contributed by atoms with Crippen LogP contribution in [0.25, 0.3) is 0 Å². The molecule has 0 unspecified atom stereocenters. The van der Waals surface area contributed by atoms with Crippen LogP contribution in [0.1, 0.15) is 54.2 Å². The highest BCUT2D eigenvalue weighted by Crippen LogP contribution is 2.41. The van der Waals surface area contributed by atoms with E-state index in [0.29, 0.717) is 0 Å². The van der Waals surface area contributed by atoms with Crippen LogP contribution in [-0.2, 0) is 50.3 Å². The van der Waals surface area contributed by atoms with Crippen molar-refractivity contribution in [2.45, 2.75) is 63.8 Å². The first kappa shape index (κ1) is 53.1. The maximum absolute atomic E-state index is 14.3. The van der Waals surface area contributed by atoms with Crippen LogP contribution in [0, 0.1) is 0 Å². The van der Waals surface area contributed by atoms with Gasteiger partial charge in [0.05, 0.1) is 53.6 Å². The molecule has 350 valence electrons. The van der Waals surface area contributed by atoms with Gasteiger partial charge in [0.1, 0.15) is 5.69 Å². The molecule has 0 aliphatic rings. The van der Waals surface area contributed by atoms with Crippen molar-refractivity contribution in [1.82, 2.24) is 0 Å². The Morgan fingerprint density at radius 1 is 0.413 bits per heavy atom. The first-order chi connectivity index (χ1) is 28.6. The van der Waals surface area contributed by atoms with Crippen molar-refractivity contribution in [1.29, 1.82) is 0 Å². The van der Waals surface area contributed by atoms with E-state index in [-0.39, 0.29) is 36.4 Å². The molecular formula is C39H38BF18NO3Si. The average molecular weight is 950 g/mol. The summed E-state index contributed by atoms with van der Waals surface area (Å²) in [6, 6.07) is 7.60. The molecule has 63 heavy (non-hydrogen) atoms. The molecule has 0 aromatic heterocycles. The van der Waals surface area contributed by atoms with Gasteiger partial charge in [-0.25, -0.2) is 0 Å². The monoisotopic (exact) mass is 949 g/mol. The molecule has 1 N–H and O–H groups in total. The number of quaternary nitrogens is 1. The largest absolute Gasteiger partial charge is 0.465 e. The van der Waals surface area contributed by atoms with E-state index in [1.807, 2.05) is 6.07 Å². The summed E-state index contributed by atoms with van der Waals surface area (Å²) >= 11 is 0. The Morgan fingerprint density at radius 2 is 0.651 bits per heavy atom. The molecule has 0 aliphatic heterocycles. The third-order valence-electron chi connectivity index (χ3n) is 9.54. The van der Waals surface area contributed by atoms with Crippen molar-refractivity contribution in [3.8, 4) is 0 Å². The molecule has 0 fully saturated rings. The second-order valence-corrected chi connectivity index (χ2v) is 16.8. The van der Waals surface area contributed by atoms with Crippen molar-refractivity contribution >= 4 is 37.0 Å². The van der Waals surface area contributed by atoms with Crippen LogP contribution in [0.3, 0.4) is 0 Å². The van der Waals surface area contributed by atoms with E-state index in [2.05, 4.69) is 38.4 Å². The van der Waals surface area contributed by atoms with Crippen LogP contribution >= 0.6 is 0 Å². The van der Waals surface area contributed by atoms with Crippen LogP contribution in [0.15, 0.2) is 84.9 Å². The van der Waals surface area contributed by atoms with Crippen molar-refractivity contribution in [3.63, 3.8) is 0 Å². The number of alkyl halides is 18. The van der Waals surface area contributed by atoms with E-state index in [0.717, 1.165) is 0 Å². The zero-order valence-electron chi connectivity index (χ0n) is 33.5. The molecule has 0 bridgehead atoms. The van der Waals surface area contributed by atoms with Crippen molar-refractivity contribution in [2.75, 3.05) is 33.9 Å². The molecule has 0 heterocycles. The quantitative estimate of drug-likeness (QED) is 0.113. The van der Waals surface area contributed by atoms with Crippen molar-refractivity contribution in [3.05, 3.63) is 118 Å². The maximum atomic E-state index is 14.3. The van der Waals surface area contributed by atoms with Gasteiger partial charge in [0, 0.05) is 19.8 Å². The highest BCUT2D eigenvalue weighted by molar-refractivity contribution is 7.16. The first-order valence-electron chi connectivity index (χ1n) is 18.5. The second-order valence-electron chi connectivity index (χ2n) is 14.1. The van der Waals surface area contributed by atoms with E-state index in [9.17, 15) is 79.0 Å². The Balaban J connectivity index is 0.00000104. The van der Waals surface area contributed by atoms with Crippen LogP contribution in [-0.4, -0.2) is 48.9 Å². The lowest BCUT2D eigenvalue weighted by Gasteiger charge is -2.48. The number of rotatable bonds is 12. The molecule has 0 atom stereocenters.